The van der Waals surface area contributed by atoms with E-state index in [0.29, 0.717) is 11.2 Å². The number of rotatable bonds is 5. The van der Waals surface area contributed by atoms with Gasteiger partial charge in [-0.2, -0.15) is 0 Å². The van der Waals surface area contributed by atoms with Crippen LogP contribution in [0.25, 0.3) is 0 Å². The molecule has 3 rings (SSSR count). The van der Waals surface area contributed by atoms with Crippen molar-refractivity contribution in [2.75, 3.05) is 24.5 Å². The van der Waals surface area contributed by atoms with Gasteiger partial charge in [-0.05, 0) is 38.1 Å². The summed E-state index contributed by atoms with van der Waals surface area (Å²) >= 11 is 7.60. The number of thiazole rings is 1. The summed E-state index contributed by atoms with van der Waals surface area (Å²) in [4.78, 5) is 6.84. The molecule has 1 aromatic rings. The lowest BCUT2D eigenvalue weighted by Crippen LogP contribution is -2.38. The topological polar surface area (TPSA) is 28.2 Å². The summed E-state index contributed by atoms with van der Waals surface area (Å²) in [5.41, 5.74) is 0. The van der Waals surface area contributed by atoms with Crippen molar-refractivity contribution in [1.29, 1.82) is 0 Å². The second-order valence-electron chi connectivity index (χ2n) is 5.09. The van der Waals surface area contributed by atoms with E-state index in [1.165, 1.54) is 32.2 Å². The average molecular weight is 272 g/mol. The highest BCUT2D eigenvalue weighted by Gasteiger charge is 2.27. The Hall–Kier alpha value is -0.320. The number of nitrogens with zero attached hydrogens (tertiary/aromatic N) is 2. The van der Waals surface area contributed by atoms with Crippen molar-refractivity contribution in [3.05, 3.63) is 10.5 Å². The smallest absolute Gasteiger partial charge is 0.186 e. The molecule has 0 radical (unpaired) electrons. The second-order valence-corrected chi connectivity index (χ2v) is 6.32. The van der Waals surface area contributed by atoms with Crippen molar-refractivity contribution in [3.8, 4) is 0 Å². The first-order chi connectivity index (χ1) is 8.31. The van der Waals surface area contributed by atoms with E-state index >= 15 is 0 Å². The summed E-state index contributed by atoms with van der Waals surface area (Å²) in [5, 5.41) is 7.21. The Morgan fingerprint density at radius 2 is 2.29 bits per heavy atom. The third-order valence-electron chi connectivity index (χ3n) is 3.51. The molecule has 3 nitrogen and oxygen atoms in total. The fourth-order valence-corrected chi connectivity index (χ4v) is 3.38. The molecule has 0 amide bonds. The van der Waals surface area contributed by atoms with Crippen LogP contribution in [0, 0.1) is 5.92 Å². The molecule has 2 aliphatic rings. The van der Waals surface area contributed by atoms with Crippen LogP contribution in [0.2, 0.25) is 5.15 Å². The molecule has 5 heteroatoms. The maximum absolute atomic E-state index is 5.93. The van der Waals surface area contributed by atoms with Crippen molar-refractivity contribution in [1.82, 2.24) is 10.3 Å². The van der Waals surface area contributed by atoms with Gasteiger partial charge in [0.1, 0.15) is 5.15 Å². The van der Waals surface area contributed by atoms with E-state index in [1.807, 2.05) is 5.38 Å². The van der Waals surface area contributed by atoms with Gasteiger partial charge in [0.2, 0.25) is 0 Å². The molecule has 1 aromatic heterocycles. The molecule has 1 aliphatic heterocycles. The Bertz CT molecular complexity index is 372. The highest BCUT2D eigenvalue weighted by atomic mass is 35.5. The van der Waals surface area contributed by atoms with Gasteiger partial charge in [0.25, 0.3) is 0 Å². The van der Waals surface area contributed by atoms with Crippen LogP contribution in [0.1, 0.15) is 25.7 Å². The van der Waals surface area contributed by atoms with Gasteiger partial charge in [0, 0.05) is 24.5 Å². The van der Waals surface area contributed by atoms with E-state index in [2.05, 4.69) is 15.2 Å². The van der Waals surface area contributed by atoms with Gasteiger partial charge in [-0.15, -0.1) is 11.3 Å². The van der Waals surface area contributed by atoms with Gasteiger partial charge in [-0.1, -0.05) is 11.6 Å². The molecule has 0 aromatic carbocycles. The zero-order valence-electron chi connectivity index (χ0n) is 9.86. The second kappa shape index (κ2) is 5.12. The van der Waals surface area contributed by atoms with Crippen LogP contribution >= 0.6 is 22.9 Å². The molecule has 1 unspecified atom stereocenters. The van der Waals surface area contributed by atoms with Crippen molar-refractivity contribution < 1.29 is 0 Å². The van der Waals surface area contributed by atoms with Crippen molar-refractivity contribution in [2.24, 2.45) is 5.92 Å². The zero-order valence-corrected chi connectivity index (χ0v) is 11.4. The van der Waals surface area contributed by atoms with Gasteiger partial charge in [0.15, 0.2) is 5.13 Å². The number of anilines is 1. The Morgan fingerprint density at radius 3 is 2.88 bits per heavy atom. The Morgan fingerprint density at radius 1 is 1.41 bits per heavy atom. The van der Waals surface area contributed by atoms with E-state index < -0.39 is 0 Å². The zero-order chi connectivity index (χ0) is 11.7. The number of hydrogen-bond acceptors (Lipinski definition) is 4. The van der Waals surface area contributed by atoms with Gasteiger partial charge < -0.3 is 10.2 Å². The summed E-state index contributed by atoms with van der Waals surface area (Å²) in [5.74, 6) is 0.888. The lowest BCUT2D eigenvalue weighted by molar-refractivity contribution is 0.570. The fraction of sp³-hybridized carbons (Fsp3) is 0.750. The minimum absolute atomic E-state index is 0.630. The van der Waals surface area contributed by atoms with Gasteiger partial charge in [-0.3, -0.25) is 0 Å². The standard InChI is InChI=1S/C12H18ClN3S/c13-11-8-17-12(15-11)16(6-9-3-4-9)7-10-2-1-5-14-10/h8-10,14H,1-7H2. The first-order valence-electron chi connectivity index (χ1n) is 6.40. The monoisotopic (exact) mass is 271 g/mol. The van der Waals surface area contributed by atoms with Crippen molar-refractivity contribution in [3.63, 3.8) is 0 Å². The first kappa shape index (κ1) is 11.8. The van der Waals surface area contributed by atoms with Crippen LogP contribution in [0.5, 0.6) is 0 Å². The normalized spacial score (nSPS) is 24.2. The highest BCUT2D eigenvalue weighted by Crippen LogP contribution is 2.33. The number of aromatic nitrogens is 1. The molecule has 1 atom stereocenters. The molecule has 2 heterocycles. The minimum Gasteiger partial charge on any atom is -0.346 e. The summed E-state index contributed by atoms with van der Waals surface area (Å²) in [7, 11) is 0. The van der Waals surface area contributed by atoms with E-state index in [1.54, 1.807) is 11.3 Å². The maximum Gasteiger partial charge on any atom is 0.186 e. The molecule has 1 saturated carbocycles. The van der Waals surface area contributed by atoms with Crippen LogP contribution in [-0.2, 0) is 0 Å². The summed E-state index contributed by atoms with van der Waals surface area (Å²) in [6.07, 6.45) is 5.36. The molecule has 1 N–H and O–H groups in total. The maximum atomic E-state index is 5.93. The summed E-state index contributed by atoms with van der Waals surface area (Å²) in [6, 6.07) is 0.636. The lowest BCUT2D eigenvalue weighted by Gasteiger charge is -2.25. The predicted molar refractivity (Wildman–Crippen MR) is 73.1 cm³/mol. The van der Waals surface area contributed by atoms with Crippen LogP contribution in [0.4, 0.5) is 5.13 Å². The molecular formula is C12H18ClN3S. The predicted octanol–water partition coefficient (Wildman–Crippen LogP) is 2.76. The van der Waals surface area contributed by atoms with E-state index in [9.17, 15) is 0 Å². The fourth-order valence-electron chi connectivity index (χ4n) is 2.41. The van der Waals surface area contributed by atoms with E-state index in [4.69, 9.17) is 11.6 Å². The van der Waals surface area contributed by atoms with E-state index in [0.717, 1.165) is 24.1 Å². The highest BCUT2D eigenvalue weighted by molar-refractivity contribution is 7.14. The molecule has 0 spiro atoms. The van der Waals surface area contributed by atoms with Gasteiger partial charge >= 0.3 is 0 Å². The number of nitrogens with one attached hydrogen (secondary N) is 1. The molecule has 17 heavy (non-hydrogen) atoms. The Labute approximate surface area is 111 Å². The van der Waals surface area contributed by atoms with Crippen LogP contribution in [0.3, 0.4) is 0 Å². The molecule has 1 saturated heterocycles. The molecule has 0 bridgehead atoms. The van der Waals surface area contributed by atoms with Crippen LogP contribution in [-0.4, -0.2) is 30.7 Å². The first-order valence-corrected chi connectivity index (χ1v) is 7.66. The van der Waals surface area contributed by atoms with Crippen LogP contribution < -0.4 is 10.2 Å². The Kier molecular flexibility index (Phi) is 3.54. The molecule has 1 aliphatic carbocycles. The van der Waals surface area contributed by atoms with Gasteiger partial charge in [-0.25, -0.2) is 4.98 Å². The summed E-state index contributed by atoms with van der Waals surface area (Å²) in [6.45, 7) is 3.41. The molecule has 2 fully saturated rings. The Balaban J connectivity index is 1.66. The lowest BCUT2D eigenvalue weighted by atomic mass is 10.2. The number of halogens is 1. The number of hydrogen-bond donors (Lipinski definition) is 1. The minimum atomic E-state index is 0.630. The summed E-state index contributed by atoms with van der Waals surface area (Å²) < 4.78 is 0. The van der Waals surface area contributed by atoms with Crippen LogP contribution in [0.15, 0.2) is 5.38 Å². The van der Waals surface area contributed by atoms with Crippen molar-refractivity contribution in [2.45, 2.75) is 31.7 Å². The van der Waals surface area contributed by atoms with Gasteiger partial charge in [0.05, 0.1) is 0 Å². The SMILES string of the molecule is Clc1csc(N(CC2CC2)CC2CCCN2)n1. The van der Waals surface area contributed by atoms with E-state index in [-0.39, 0.29) is 0 Å². The quantitative estimate of drug-likeness (QED) is 0.893. The molecule has 94 valence electrons. The average Bonchev–Trinajstić information content (AvgIpc) is 2.79. The largest absolute Gasteiger partial charge is 0.346 e. The van der Waals surface area contributed by atoms with Crippen molar-refractivity contribution >= 4 is 28.1 Å². The molecular weight excluding hydrogens is 254 g/mol. The third-order valence-corrected chi connectivity index (χ3v) is 4.74. The third kappa shape index (κ3) is 3.12.